The monoisotopic (exact) mass is 350 g/mol. The summed E-state index contributed by atoms with van der Waals surface area (Å²) in [5.41, 5.74) is 6.00. The molecule has 0 aliphatic heterocycles. The van der Waals surface area contributed by atoms with Gasteiger partial charge in [0.05, 0.1) is 0 Å². The van der Waals surface area contributed by atoms with Crippen molar-refractivity contribution in [3.05, 3.63) is 83.9 Å². The van der Waals surface area contributed by atoms with Crippen molar-refractivity contribution in [3.8, 4) is 11.1 Å². The van der Waals surface area contributed by atoms with E-state index in [9.17, 15) is 0 Å². The molecule has 134 valence electrons. The fraction of sp³-hybridized carbons (Fsp3) is 0.259. The lowest BCUT2D eigenvalue weighted by Gasteiger charge is -2.40. The van der Waals surface area contributed by atoms with Crippen molar-refractivity contribution in [1.82, 2.24) is 0 Å². The molecular formula is C27H26. The summed E-state index contributed by atoms with van der Waals surface area (Å²) in [6.45, 7) is 9.57. The summed E-state index contributed by atoms with van der Waals surface area (Å²) >= 11 is 0. The Morgan fingerprint density at radius 3 is 1.33 bits per heavy atom. The molecule has 5 rings (SSSR count). The lowest BCUT2D eigenvalue weighted by atomic mass is 9.63. The third-order valence-corrected chi connectivity index (χ3v) is 6.82. The number of fused-ring (bicyclic) bond motifs is 7. The summed E-state index contributed by atoms with van der Waals surface area (Å²) in [4.78, 5) is 0. The fourth-order valence-electron chi connectivity index (χ4n) is 5.83. The average Bonchev–Trinajstić information content (AvgIpc) is 3.00. The predicted octanol–water partition coefficient (Wildman–Crippen LogP) is 7.57. The van der Waals surface area contributed by atoms with E-state index >= 15 is 0 Å². The smallest absolute Gasteiger partial charge is 0.0261 e. The first-order valence-corrected chi connectivity index (χ1v) is 10.1. The fourth-order valence-corrected chi connectivity index (χ4v) is 5.83. The van der Waals surface area contributed by atoms with Crippen LogP contribution in [0.3, 0.4) is 0 Å². The van der Waals surface area contributed by atoms with Crippen LogP contribution in [0.2, 0.25) is 0 Å². The lowest BCUT2D eigenvalue weighted by molar-refractivity contribution is 0.280. The molecule has 0 spiro atoms. The second kappa shape index (κ2) is 5.70. The first kappa shape index (κ1) is 16.6. The van der Waals surface area contributed by atoms with Gasteiger partial charge in [0.15, 0.2) is 0 Å². The molecule has 0 saturated heterocycles. The van der Waals surface area contributed by atoms with Gasteiger partial charge in [-0.25, -0.2) is 0 Å². The van der Waals surface area contributed by atoms with E-state index in [1.807, 2.05) is 0 Å². The van der Waals surface area contributed by atoms with E-state index < -0.39 is 0 Å². The van der Waals surface area contributed by atoms with Crippen molar-refractivity contribution >= 4 is 21.5 Å². The number of benzene rings is 4. The van der Waals surface area contributed by atoms with Crippen molar-refractivity contribution in [1.29, 1.82) is 0 Å². The number of hydrogen-bond acceptors (Lipinski definition) is 0. The molecular weight excluding hydrogens is 324 g/mol. The van der Waals surface area contributed by atoms with Gasteiger partial charge in [0, 0.05) is 5.41 Å². The molecule has 0 saturated carbocycles. The summed E-state index contributed by atoms with van der Waals surface area (Å²) in [5.74, 6) is 1.06. The van der Waals surface area contributed by atoms with Gasteiger partial charge in [0.1, 0.15) is 0 Å². The molecule has 4 aromatic rings. The molecule has 1 aliphatic rings. The van der Waals surface area contributed by atoms with Gasteiger partial charge in [-0.2, -0.15) is 0 Å². The molecule has 0 amide bonds. The van der Waals surface area contributed by atoms with Gasteiger partial charge in [-0.1, -0.05) is 100 Å². The molecule has 0 fully saturated rings. The zero-order valence-electron chi connectivity index (χ0n) is 16.6. The average molecular weight is 351 g/mol. The van der Waals surface area contributed by atoms with Crippen LogP contribution in [0.4, 0.5) is 0 Å². The second-order valence-corrected chi connectivity index (χ2v) is 8.60. The highest BCUT2D eigenvalue weighted by Crippen LogP contribution is 2.59. The lowest BCUT2D eigenvalue weighted by Crippen LogP contribution is -2.37. The minimum atomic E-state index is 0.0543. The second-order valence-electron chi connectivity index (χ2n) is 8.60. The Bertz CT molecular complexity index is 1080. The third kappa shape index (κ3) is 1.99. The molecule has 0 atom stereocenters. The SMILES string of the molecule is CC(C)C1(C(C)C)c2ccc3ccccc3c2-c2c1ccc1ccccc21. The highest BCUT2D eigenvalue weighted by molar-refractivity contribution is 6.11. The zero-order valence-corrected chi connectivity index (χ0v) is 16.6. The molecule has 0 N–H and O–H groups in total. The summed E-state index contributed by atoms with van der Waals surface area (Å²) in [6.07, 6.45) is 0. The summed E-state index contributed by atoms with van der Waals surface area (Å²) in [6, 6.07) is 27.2. The Balaban J connectivity index is 2.06. The Hall–Kier alpha value is -2.60. The molecule has 0 heterocycles. The topological polar surface area (TPSA) is 0 Å². The molecule has 4 aromatic carbocycles. The van der Waals surface area contributed by atoms with Crippen LogP contribution in [0.25, 0.3) is 32.7 Å². The molecule has 0 aromatic heterocycles. The molecule has 1 aliphatic carbocycles. The van der Waals surface area contributed by atoms with E-state index in [0.29, 0.717) is 11.8 Å². The minimum Gasteiger partial charge on any atom is -0.0616 e. The van der Waals surface area contributed by atoms with E-state index in [1.165, 1.54) is 43.8 Å². The molecule has 0 radical (unpaired) electrons. The van der Waals surface area contributed by atoms with Crippen molar-refractivity contribution in [3.63, 3.8) is 0 Å². The molecule has 0 nitrogen and oxygen atoms in total. The van der Waals surface area contributed by atoms with Crippen molar-refractivity contribution in [2.24, 2.45) is 11.8 Å². The predicted molar refractivity (Wildman–Crippen MR) is 117 cm³/mol. The van der Waals surface area contributed by atoms with Crippen LogP contribution in [-0.4, -0.2) is 0 Å². The van der Waals surface area contributed by atoms with E-state index in [0.717, 1.165) is 0 Å². The van der Waals surface area contributed by atoms with E-state index in [-0.39, 0.29) is 5.41 Å². The maximum absolute atomic E-state index is 2.41. The molecule has 0 bridgehead atoms. The van der Waals surface area contributed by atoms with Gasteiger partial charge in [-0.15, -0.1) is 0 Å². The van der Waals surface area contributed by atoms with Crippen LogP contribution >= 0.6 is 0 Å². The van der Waals surface area contributed by atoms with Crippen molar-refractivity contribution < 1.29 is 0 Å². The van der Waals surface area contributed by atoms with Gasteiger partial charge in [0.25, 0.3) is 0 Å². The Morgan fingerprint density at radius 2 is 0.926 bits per heavy atom. The van der Waals surface area contributed by atoms with Gasteiger partial charge in [-0.3, -0.25) is 0 Å². The molecule has 27 heavy (non-hydrogen) atoms. The highest BCUT2D eigenvalue weighted by Gasteiger charge is 2.48. The van der Waals surface area contributed by atoms with Crippen LogP contribution in [-0.2, 0) is 5.41 Å². The van der Waals surface area contributed by atoms with Crippen LogP contribution in [0, 0.1) is 11.8 Å². The van der Waals surface area contributed by atoms with Crippen LogP contribution in [0.1, 0.15) is 38.8 Å². The van der Waals surface area contributed by atoms with Gasteiger partial charge < -0.3 is 0 Å². The first-order valence-electron chi connectivity index (χ1n) is 10.1. The van der Waals surface area contributed by atoms with E-state index in [4.69, 9.17) is 0 Å². The first-order chi connectivity index (χ1) is 13.1. The van der Waals surface area contributed by atoms with Crippen LogP contribution in [0.5, 0.6) is 0 Å². The quantitative estimate of drug-likeness (QED) is 0.350. The van der Waals surface area contributed by atoms with Crippen molar-refractivity contribution in [2.75, 3.05) is 0 Å². The van der Waals surface area contributed by atoms with Gasteiger partial charge in [0.2, 0.25) is 0 Å². The number of hydrogen-bond donors (Lipinski definition) is 0. The van der Waals surface area contributed by atoms with Crippen LogP contribution < -0.4 is 0 Å². The normalized spacial score (nSPS) is 14.9. The Kier molecular flexibility index (Phi) is 3.49. The summed E-state index contributed by atoms with van der Waals surface area (Å²) < 4.78 is 0. The van der Waals surface area contributed by atoms with Gasteiger partial charge in [-0.05, 0) is 55.6 Å². The standard InChI is InChI=1S/C27H26/c1-17(2)27(18(3)4)23-15-13-19-9-5-7-11-21(19)25(23)26-22-12-8-6-10-20(22)14-16-24(26)27/h5-18H,1-4H3. The largest absolute Gasteiger partial charge is 0.0616 e. The summed E-state index contributed by atoms with van der Waals surface area (Å²) in [7, 11) is 0. The van der Waals surface area contributed by atoms with E-state index in [2.05, 4.69) is 100 Å². The molecule has 0 unspecified atom stereocenters. The van der Waals surface area contributed by atoms with E-state index in [1.54, 1.807) is 0 Å². The highest BCUT2D eigenvalue weighted by atomic mass is 14.5. The Morgan fingerprint density at radius 1 is 0.519 bits per heavy atom. The zero-order chi connectivity index (χ0) is 18.8. The number of rotatable bonds is 2. The summed E-state index contributed by atoms with van der Waals surface area (Å²) in [5, 5.41) is 5.43. The maximum atomic E-state index is 2.41. The van der Waals surface area contributed by atoms with Crippen molar-refractivity contribution in [2.45, 2.75) is 33.1 Å². The minimum absolute atomic E-state index is 0.0543. The maximum Gasteiger partial charge on any atom is 0.0261 e. The van der Waals surface area contributed by atoms with Crippen LogP contribution in [0.15, 0.2) is 72.8 Å². The molecule has 0 heteroatoms. The van der Waals surface area contributed by atoms with Gasteiger partial charge >= 0.3 is 0 Å². The Labute approximate surface area is 161 Å². The third-order valence-electron chi connectivity index (χ3n) is 6.82.